The molecule has 1 atom stereocenters. The number of rotatable bonds is 10. The van der Waals surface area contributed by atoms with Gasteiger partial charge in [-0.25, -0.2) is 0 Å². The number of benzene rings is 1. The summed E-state index contributed by atoms with van der Waals surface area (Å²) < 4.78 is 17.4. The van der Waals surface area contributed by atoms with Crippen LogP contribution in [-0.2, 0) is 9.53 Å². The zero-order chi connectivity index (χ0) is 20.7. The van der Waals surface area contributed by atoms with E-state index in [1.165, 1.54) is 4.90 Å². The standard InChI is InChI=1S/C20H26BrNO5S/c1-5-13(3)27-18-15(21)10-14(11-16(18)26-6-2)12-17-19(23)22(20(24)28-17)8-7-9-25-4/h10-13H,5-9H2,1-4H3/b17-12+/t13-/m0/s1. The SMILES string of the molecule is CCOc1cc(/C=C2/SC(=O)N(CCCOC)C2=O)cc(Br)c1O[C@@H](C)CC. The summed E-state index contributed by atoms with van der Waals surface area (Å²) in [4.78, 5) is 26.4. The van der Waals surface area contributed by atoms with Crippen LogP contribution in [0, 0.1) is 0 Å². The van der Waals surface area contributed by atoms with Crippen molar-refractivity contribution < 1.29 is 23.8 Å². The average Bonchev–Trinajstić information content (AvgIpc) is 2.92. The molecule has 0 aromatic heterocycles. The minimum atomic E-state index is -0.278. The van der Waals surface area contributed by atoms with Crippen molar-refractivity contribution in [1.82, 2.24) is 4.90 Å². The van der Waals surface area contributed by atoms with E-state index in [4.69, 9.17) is 14.2 Å². The highest BCUT2D eigenvalue weighted by Crippen LogP contribution is 2.40. The molecule has 0 unspecified atom stereocenters. The van der Waals surface area contributed by atoms with Crippen molar-refractivity contribution in [1.29, 1.82) is 0 Å². The van der Waals surface area contributed by atoms with Crippen molar-refractivity contribution in [3.63, 3.8) is 0 Å². The molecule has 1 aliphatic heterocycles. The average molecular weight is 472 g/mol. The Bertz CT molecular complexity index is 752. The number of ether oxygens (including phenoxy) is 3. The Kier molecular flexibility index (Phi) is 8.85. The first-order chi connectivity index (χ1) is 13.4. The normalized spacial score (nSPS) is 16.8. The summed E-state index contributed by atoms with van der Waals surface area (Å²) in [5, 5.41) is -0.256. The van der Waals surface area contributed by atoms with Crippen molar-refractivity contribution in [2.75, 3.05) is 26.9 Å². The zero-order valence-corrected chi connectivity index (χ0v) is 19.0. The van der Waals surface area contributed by atoms with Crippen LogP contribution in [0.5, 0.6) is 11.5 Å². The number of thioether (sulfide) groups is 1. The first-order valence-electron chi connectivity index (χ1n) is 9.28. The summed E-state index contributed by atoms with van der Waals surface area (Å²) in [6.07, 6.45) is 3.24. The number of nitrogens with zero attached hydrogens (tertiary/aromatic N) is 1. The molecule has 6 nitrogen and oxygen atoms in total. The molecule has 1 heterocycles. The van der Waals surface area contributed by atoms with Gasteiger partial charge in [0.2, 0.25) is 0 Å². The lowest BCUT2D eigenvalue weighted by atomic mass is 10.1. The van der Waals surface area contributed by atoms with Gasteiger partial charge in [0.05, 0.1) is 22.1 Å². The molecular weight excluding hydrogens is 446 g/mol. The fraction of sp³-hybridized carbons (Fsp3) is 0.500. The molecule has 0 radical (unpaired) electrons. The molecule has 0 aliphatic carbocycles. The minimum Gasteiger partial charge on any atom is -0.490 e. The Balaban J connectivity index is 2.27. The highest BCUT2D eigenvalue weighted by molar-refractivity contribution is 9.10. The van der Waals surface area contributed by atoms with Gasteiger partial charge in [-0.3, -0.25) is 14.5 Å². The Morgan fingerprint density at radius 2 is 2.04 bits per heavy atom. The number of amides is 2. The van der Waals surface area contributed by atoms with Crippen LogP contribution >= 0.6 is 27.7 Å². The Morgan fingerprint density at radius 1 is 1.29 bits per heavy atom. The molecule has 1 aliphatic rings. The van der Waals surface area contributed by atoms with Crippen LogP contribution < -0.4 is 9.47 Å². The molecule has 154 valence electrons. The second-order valence-corrected chi connectivity index (χ2v) is 8.13. The van der Waals surface area contributed by atoms with Crippen LogP contribution in [0.15, 0.2) is 21.5 Å². The summed E-state index contributed by atoms with van der Waals surface area (Å²) in [5.41, 5.74) is 0.759. The molecule has 2 amide bonds. The van der Waals surface area contributed by atoms with Crippen LogP contribution in [0.3, 0.4) is 0 Å². The predicted molar refractivity (Wildman–Crippen MR) is 115 cm³/mol. The molecule has 1 aromatic carbocycles. The number of imide groups is 1. The number of hydrogen-bond acceptors (Lipinski definition) is 6. The van der Waals surface area contributed by atoms with Gasteiger partial charge in [-0.15, -0.1) is 0 Å². The topological polar surface area (TPSA) is 65.1 Å². The van der Waals surface area contributed by atoms with Crippen LogP contribution in [-0.4, -0.2) is 49.0 Å². The molecule has 1 saturated heterocycles. The molecule has 0 spiro atoms. The fourth-order valence-corrected chi connectivity index (χ4v) is 3.96. The van der Waals surface area contributed by atoms with Gasteiger partial charge >= 0.3 is 0 Å². The third-order valence-corrected chi connectivity index (χ3v) is 5.62. The van der Waals surface area contributed by atoms with E-state index in [9.17, 15) is 9.59 Å². The van der Waals surface area contributed by atoms with E-state index in [1.54, 1.807) is 13.2 Å². The maximum absolute atomic E-state index is 12.6. The predicted octanol–water partition coefficient (Wildman–Crippen LogP) is 5.10. The second kappa shape index (κ2) is 10.9. The van der Waals surface area contributed by atoms with Gasteiger partial charge in [-0.2, -0.15) is 0 Å². The number of halogens is 1. The van der Waals surface area contributed by atoms with E-state index in [1.807, 2.05) is 26.0 Å². The molecular formula is C20H26BrNO5S. The third kappa shape index (κ3) is 5.75. The maximum Gasteiger partial charge on any atom is 0.293 e. The van der Waals surface area contributed by atoms with Gasteiger partial charge in [0.1, 0.15) is 0 Å². The third-order valence-electron chi connectivity index (χ3n) is 4.13. The van der Waals surface area contributed by atoms with Crippen LogP contribution in [0.2, 0.25) is 0 Å². The Labute approximate surface area is 178 Å². The lowest BCUT2D eigenvalue weighted by Crippen LogP contribution is -2.29. The van der Waals surface area contributed by atoms with E-state index in [-0.39, 0.29) is 17.3 Å². The maximum atomic E-state index is 12.6. The largest absolute Gasteiger partial charge is 0.490 e. The summed E-state index contributed by atoms with van der Waals surface area (Å²) in [6.45, 7) is 7.29. The Hall–Kier alpha value is -1.51. The van der Waals surface area contributed by atoms with Gasteiger partial charge in [-0.1, -0.05) is 6.92 Å². The lowest BCUT2D eigenvalue weighted by molar-refractivity contribution is -0.122. The summed E-state index contributed by atoms with van der Waals surface area (Å²) >= 11 is 4.49. The number of methoxy groups -OCH3 is 1. The molecule has 28 heavy (non-hydrogen) atoms. The number of carbonyl (C=O) groups is 2. The smallest absolute Gasteiger partial charge is 0.293 e. The molecule has 0 N–H and O–H groups in total. The van der Waals surface area contributed by atoms with Gasteiger partial charge in [0.15, 0.2) is 11.5 Å². The van der Waals surface area contributed by atoms with E-state index in [2.05, 4.69) is 22.9 Å². The summed E-state index contributed by atoms with van der Waals surface area (Å²) in [7, 11) is 1.59. The first kappa shape index (κ1) is 22.8. The van der Waals surface area contributed by atoms with E-state index in [0.717, 1.165) is 28.2 Å². The molecule has 1 aromatic rings. The molecule has 0 saturated carbocycles. The second-order valence-electron chi connectivity index (χ2n) is 6.28. The van der Waals surface area contributed by atoms with Crippen molar-refractivity contribution in [3.05, 3.63) is 27.1 Å². The zero-order valence-electron chi connectivity index (χ0n) is 16.6. The number of hydrogen-bond donors (Lipinski definition) is 0. The van der Waals surface area contributed by atoms with Crippen molar-refractivity contribution >= 4 is 44.9 Å². The van der Waals surface area contributed by atoms with Crippen LogP contribution in [0.25, 0.3) is 6.08 Å². The van der Waals surface area contributed by atoms with E-state index >= 15 is 0 Å². The van der Waals surface area contributed by atoms with Gasteiger partial charge < -0.3 is 14.2 Å². The molecule has 8 heteroatoms. The number of carbonyl (C=O) groups excluding carboxylic acids is 2. The highest BCUT2D eigenvalue weighted by Gasteiger charge is 2.34. The van der Waals surface area contributed by atoms with Gasteiger partial charge in [0.25, 0.3) is 11.1 Å². The van der Waals surface area contributed by atoms with E-state index in [0.29, 0.717) is 42.6 Å². The summed E-state index contributed by atoms with van der Waals surface area (Å²) in [6, 6.07) is 3.68. The molecule has 0 bridgehead atoms. The quantitative estimate of drug-likeness (QED) is 0.349. The fourth-order valence-electron chi connectivity index (χ4n) is 2.54. The van der Waals surface area contributed by atoms with Crippen LogP contribution in [0.1, 0.15) is 39.2 Å². The van der Waals surface area contributed by atoms with Gasteiger partial charge in [-0.05, 0) is 78.2 Å². The minimum absolute atomic E-state index is 0.0463. The van der Waals surface area contributed by atoms with Crippen molar-refractivity contribution in [3.8, 4) is 11.5 Å². The van der Waals surface area contributed by atoms with Gasteiger partial charge in [0, 0.05) is 20.3 Å². The van der Waals surface area contributed by atoms with Crippen molar-refractivity contribution in [2.45, 2.75) is 39.7 Å². The van der Waals surface area contributed by atoms with Crippen molar-refractivity contribution in [2.24, 2.45) is 0 Å². The molecule has 1 fully saturated rings. The molecule has 2 rings (SSSR count). The van der Waals surface area contributed by atoms with E-state index < -0.39 is 0 Å². The first-order valence-corrected chi connectivity index (χ1v) is 10.9. The summed E-state index contributed by atoms with van der Waals surface area (Å²) in [5.74, 6) is 0.962. The monoisotopic (exact) mass is 471 g/mol. The van der Waals surface area contributed by atoms with Crippen LogP contribution in [0.4, 0.5) is 4.79 Å². The lowest BCUT2D eigenvalue weighted by Gasteiger charge is -2.18. The highest BCUT2D eigenvalue weighted by atomic mass is 79.9. The Morgan fingerprint density at radius 3 is 2.68 bits per heavy atom.